The van der Waals surface area contributed by atoms with E-state index < -0.39 is 0 Å². The van der Waals surface area contributed by atoms with Gasteiger partial charge in [-0.1, -0.05) is 6.42 Å². The molecular weight excluding hydrogens is 166 g/mol. The normalized spacial score (nSPS) is 42.3. The van der Waals surface area contributed by atoms with Crippen molar-refractivity contribution in [2.75, 3.05) is 6.61 Å². The Kier molecular flexibility index (Phi) is 2.28. The minimum absolute atomic E-state index is 0.0187. The smallest absolute Gasteiger partial charge is 0.309 e. The minimum atomic E-state index is -0.0187. The maximum Gasteiger partial charge on any atom is 0.309 e. The molecule has 0 aromatic carbocycles. The lowest BCUT2D eigenvalue weighted by Gasteiger charge is -2.15. The molecule has 4 unspecified atom stereocenters. The summed E-state index contributed by atoms with van der Waals surface area (Å²) in [5.41, 5.74) is 5.94. The van der Waals surface area contributed by atoms with Crippen LogP contribution in [-0.4, -0.2) is 18.6 Å². The van der Waals surface area contributed by atoms with Crippen LogP contribution < -0.4 is 5.73 Å². The van der Waals surface area contributed by atoms with Gasteiger partial charge in [0.2, 0.25) is 0 Å². The number of hydrogen-bond donors (Lipinski definition) is 1. The highest BCUT2D eigenvalue weighted by Gasteiger charge is 2.58. The monoisotopic (exact) mass is 183 g/mol. The van der Waals surface area contributed by atoms with Gasteiger partial charge in [0.25, 0.3) is 0 Å². The molecular formula is C10H17NO2. The van der Waals surface area contributed by atoms with Crippen LogP contribution in [-0.2, 0) is 9.53 Å². The molecule has 13 heavy (non-hydrogen) atoms. The zero-order valence-electron chi connectivity index (χ0n) is 8.03. The third-order valence-corrected chi connectivity index (χ3v) is 3.36. The highest BCUT2D eigenvalue weighted by atomic mass is 16.5. The van der Waals surface area contributed by atoms with Crippen molar-refractivity contribution in [1.29, 1.82) is 0 Å². The maximum absolute atomic E-state index is 11.4. The fraction of sp³-hybridized carbons (Fsp3) is 0.900. The number of hydrogen-bond acceptors (Lipinski definition) is 3. The second-order valence-electron chi connectivity index (χ2n) is 4.11. The summed E-state index contributed by atoms with van der Waals surface area (Å²) in [5, 5.41) is 0. The molecule has 0 heterocycles. The topological polar surface area (TPSA) is 52.3 Å². The van der Waals surface area contributed by atoms with Crippen LogP contribution in [0.5, 0.6) is 0 Å². The van der Waals surface area contributed by atoms with E-state index in [1.807, 2.05) is 6.92 Å². The summed E-state index contributed by atoms with van der Waals surface area (Å²) in [5.74, 6) is 1.10. The molecule has 0 amide bonds. The molecule has 3 heteroatoms. The Morgan fingerprint density at radius 1 is 1.54 bits per heavy atom. The van der Waals surface area contributed by atoms with Crippen LogP contribution in [0.4, 0.5) is 0 Å². The minimum Gasteiger partial charge on any atom is -0.466 e. The van der Waals surface area contributed by atoms with Crippen molar-refractivity contribution >= 4 is 5.97 Å². The lowest BCUT2D eigenvalue weighted by molar-refractivity contribution is -0.145. The van der Waals surface area contributed by atoms with E-state index in [4.69, 9.17) is 10.5 Å². The molecule has 2 N–H and O–H groups in total. The third kappa shape index (κ3) is 1.46. The fourth-order valence-corrected chi connectivity index (χ4v) is 2.71. The maximum atomic E-state index is 11.4. The summed E-state index contributed by atoms with van der Waals surface area (Å²) in [6.07, 6.45) is 3.43. The Balaban J connectivity index is 1.93. The van der Waals surface area contributed by atoms with Crippen LogP contribution in [0.1, 0.15) is 26.2 Å². The second-order valence-corrected chi connectivity index (χ2v) is 4.11. The Morgan fingerprint density at radius 3 is 2.92 bits per heavy atom. The SMILES string of the molecule is CCOC(=O)C1C2CCCC(N)C21. The van der Waals surface area contributed by atoms with Crippen LogP contribution >= 0.6 is 0 Å². The number of ether oxygens (including phenoxy) is 1. The lowest BCUT2D eigenvalue weighted by Crippen LogP contribution is -2.26. The van der Waals surface area contributed by atoms with Gasteiger partial charge in [0.1, 0.15) is 0 Å². The van der Waals surface area contributed by atoms with Gasteiger partial charge in [-0.05, 0) is 31.6 Å². The van der Waals surface area contributed by atoms with Gasteiger partial charge < -0.3 is 10.5 Å². The average molecular weight is 183 g/mol. The molecule has 0 aromatic rings. The van der Waals surface area contributed by atoms with Crippen molar-refractivity contribution in [2.45, 2.75) is 32.2 Å². The lowest BCUT2D eigenvalue weighted by atomic mass is 9.96. The number of fused-ring (bicyclic) bond motifs is 1. The van der Waals surface area contributed by atoms with Gasteiger partial charge in [0, 0.05) is 6.04 Å². The van der Waals surface area contributed by atoms with Gasteiger partial charge in [0.05, 0.1) is 12.5 Å². The molecule has 0 aliphatic heterocycles. The number of carbonyl (C=O) groups is 1. The van der Waals surface area contributed by atoms with E-state index in [1.54, 1.807) is 0 Å². The first-order valence-electron chi connectivity index (χ1n) is 5.18. The summed E-state index contributed by atoms with van der Waals surface area (Å²) in [6.45, 7) is 2.34. The van der Waals surface area contributed by atoms with E-state index in [0.717, 1.165) is 6.42 Å². The van der Waals surface area contributed by atoms with Gasteiger partial charge in [0.15, 0.2) is 0 Å². The van der Waals surface area contributed by atoms with Gasteiger partial charge in [-0.25, -0.2) is 0 Å². The fourth-order valence-electron chi connectivity index (χ4n) is 2.71. The predicted octanol–water partition coefficient (Wildman–Crippen LogP) is 0.923. The first-order valence-corrected chi connectivity index (χ1v) is 5.18. The summed E-state index contributed by atoms with van der Waals surface area (Å²) in [7, 11) is 0. The summed E-state index contributed by atoms with van der Waals surface area (Å²) in [6, 6.07) is 0.244. The van der Waals surface area contributed by atoms with Gasteiger partial charge in [-0.15, -0.1) is 0 Å². The number of nitrogens with two attached hydrogens (primary N) is 1. The molecule has 0 radical (unpaired) electrons. The van der Waals surface area contributed by atoms with E-state index in [1.165, 1.54) is 12.8 Å². The highest BCUT2D eigenvalue weighted by Crippen LogP contribution is 2.55. The van der Waals surface area contributed by atoms with Crippen LogP contribution in [0, 0.1) is 17.8 Å². The Bertz CT molecular complexity index is 217. The number of carbonyl (C=O) groups excluding carboxylic acids is 1. The molecule has 0 saturated heterocycles. The van der Waals surface area contributed by atoms with Crippen LogP contribution in [0.25, 0.3) is 0 Å². The molecule has 2 aliphatic carbocycles. The Hall–Kier alpha value is -0.570. The molecule has 0 aromatic heterocycles. The first-order chi connectivity index (χ1) is 6.25. The molecule has 2 rings (SSSR count). The molecule has 0 bridgehead atoms. The van der Waals surface area contributed by atoms with Gasteiger partial charge >= 0.3 is 5.97 Å². The Labute approximate surface area is 78.6 Å². The summed E-state index contributed by atoms with van der Waals surface area (Å²) < 4.78 is 5.01. The summed E-state index contributed by atoms with van der Waals surface area (Å²) >= 11 is 0. The van der Waals surface area contributed by atoms with E-state index in [9.17, 15) is 4.79 Å². The van der Waals surface area contributed by atoms with E-state index in [0.29, 0.717) is 18.4 Å². The molecule has 0 spiro atoms. The second kappa shape index (κ2) is 3.29. The highest BCUT2D eigenvalue weighted by molar-refractivity contribution is 5.76. The number of rotatable bonds is 2. The molecule has 2 saturated carbocycles. The zero-order valence-corrected chi connectivity index (χ0v) is 8.03. The molecule has 2 fully saturated rings. The standard InChI is InChI=1S/C10H17NO2/c1-2-13-10(12)9-6-4-3-5-7(11)8(6)9/h6-9H,2-5,11H2,1H3. The molecule has 74 valence electrons. The summed E-state index contributed by atoms with van der Waals surface area (Å²) in [4.78, 5) is 11.4. The van der Waals surface area contributed by atoms with Crippen molar-refractivity contribution in [2.24, 2.45) is 23.5 Å². The van der Waals surface area contributed by atoms with Crippen LogP contribution in [0.2, 0.25) is 0 Å². The zero-order chi connectivity index (χ0) is 9.42. The van der Waals surface area contributed by atoms with Gasteiger partial charge in [-0.3, -0.25) is 4.79 Å². The molecule has 3 nitrogen and oxygen atoms in total. The van der Waals surface area contributed by atoms with Crippen molar-refractivity contribution in [3.8, 4) is 0 Å². The largest absolute Gasteiger partial charge is 0.466 e. The predicted molar refractivity (Wildman–Crippen MR) is 48.9 cm³/mol. The van der Waals surface area contributed by atoms with Crippen molar-refractivity contribution < 1.29 is 9.53 Å². The van der Waals surface area contributed by atoms with E-state index in [2.05, 4.69) is 0 Å². The first kappa shape index (κ1) is 9.00. The van der Waals surface area contributed by atoms with Crippen LogP contribution in [0.15, 0.2) is 0 Å². The van der Waals surface area contributed by atoms with Crippen LogP contribution in [0.3, 0.4) is 0 Å². The van der Waals surface area contributed by atoms with Crippen molar-refractivity contribution in [3.63, 3.8) is 0 Å². The van der Waals surface area contributed by atoms with Gasteiger partial charge in [-0.2, -0.15) is 0 Å². The van der Waals surface area contributed by atoms with Crippen molar-refractivity contribution in [3.05, 3.63) is 0 Å². The third-order valence-electron chi connectivity index (χ3n) is 3.36. The van der Waals surface area contributed by atoms with Crippen molar-refractivity contribution in [1.82, 2.24) is 0 Å². The molecule has 4 atom stereocenters. The average Bonchev–Trinajstić information content (AvgIpc) is 2.80. The number of esters is 1. The van der Waals surface area contributed by atoms with E-state index >= 15 is 0 Å². The quantitative estimate of drug-likeness (QED) is 0.648. The Morgan fingerprint density at radius 2 is 2.31 bits per heavy atom. The van der Waals surface area contributed by atoms with E-state index in [-0.39, 0.29) is 17.9 Å². The molecule has 2 aliphatic rings.